The summed E-state index contributed by atoms with van der Waals surface area (Å²) in [6, 6.07) is 1.88. The van der Waals surface area contributed by atoms with E-state index in [-0.39, 0.29) is 17.9 Å². The third-order valence-electron chi connectivity index (χ3n) is 4.66. The van der Waals surface area contributed by atoms with Crippen molar-refractivity contribution in [3.8, 4) is 0 Å². The number of fused-ring (bicyclic) bond motifs is 1. The van der Waals surface area contributed by atoms with Crippen LogP contribution in [0.15, 0.2) is 10.6 Å². The first-order valence-corrected chi connectivity index (χ1v) is 9.21. The summed E-state index contributed by atoms with van der Waals surface area (Å²) in [5, 5.41) is 7.99. The number of rotatable bonds is 7. The van der Waals surface area contributed by atoms with Gasteiger partial charge in [-0.2, -0.15) is 0 Å². The molecule has 1 unspecified atom stereocenters. The quantitative estimate of drug-likeness (QED) is 0.803. The SMILES string of the molecule is CC(C)CC(CN)NC(=O)c1cc(C2CC2)nc2onc(C(C)C)c12. The Morgan fingerprint density at radius 2 is 2.08 bits per heavy atom. The van der Waals surface area contributed by atoms with Gasteiger partial charge in [-0.25, -0.2) is 4.98 Å². The highest BCUT2D eigenvalue weighted by Gasteiger charge is 2.30. The van der Waals surface area contributed by atoms with Crippen LogP contribution >= 0.6 is 0 Å². The molecule has 0 aliphatic heterocycles. The number of hydrogen-bond donors (Lipinski definition) is 2. The topological polar surface area (TPSA) is 94.0 Å². The van der Waals surface area contributed by atoms with Crippen LogP contribution in [0.25, 0.3) is 11.1 Å². The van der Waals surface area contributed by atoms with Gasteiger partial charge in [-0.15, -0.1) is 0 Å². The summed E-state index contributed by atoms with van der Waals surface area (Å²) in [5.74, 6) is 0.942. The van der Waals surface area contributed by atoms with Gasteiger partial charge in [0, 0.05) is 24.2 Å². The fourth-order valence-corrected chi connectivity index (χ4v) is 3.20. The van der Waals surface area contributed by atoms with Gasteiger partial charge in [-0.05, 0) is 37.2 Å². The predicted molar refractivity (Wildman–Crippen MR) is 97.6 cm³/mol. The molecule has 0 aromatic carbocycles. The van der Waals surface area contributed by atoms with Crippen molar-refractivity contribution in [1.82, 2.24) is 15.5 Å². The smallest absolute Gasteiger partial charge is 0.259 e. The Labute approximate surface area is 148 Å². The Bertz CT molecular complexity index is 762. The van der Waals surface area contributed by atoms with Crippen molar-refractivity contribution >= 4 is 17.0 Å². The minimum absolute atomic E-state index is 0.0394. The lowest BCUT2D eigenvalue weighted by Crippen LogP contribution is -2.41. The maximum Gasteiger partial charge on any atom is 0.259 e. The van der Waals surface area contributed by atoms with Gasteiger partial charge in [0.05, 0.1) is 16.6 Å². The molecule has 1 aliphatic carbocycles. The third kappa shape index (κ3) is 3.84. The second-order valence-electron chi connectivity index (χ2n) is 7.81. The average Bonchev–Trinajstić information content (AvgIpc) is 3.31. The van der Waals surface area contributed by atoms with Crippen LogP contribution in [-0.2, 0) is 0 Å². The van der Waals surface area contributed by atoms with E-state index in [4.69, 9.17) is 10.3 Å². The van der Waals surface area contributed by atoms with E-state index in [2.05, 4.69) is 29.3 Å². The molecule has 1 fully saturated rings. The highest BCUT2D eigenvalue weighted by Crippen LogP contribution is 2.41. The molecular formula is C19H28N4O2. The van der Waals surface area contributed by atoms with Crippen molar-refractivity contribution in [3.63, 3.8) is 0 Å². The molecule has 0 spiro atoms. The Balaban J connectivity index is 1.99. The Morgan fingerprint density at radius 1 is 1.36 bits per heavy atom. The van der Waals surface area contributed by atoms with Gasteiger partial charge < -0.3 is 15.6 Å². The maximum absolute atomic E-state index is 13.0. The number of aromatic nitrogens is 2. The van der Waals surface area contributed by atoms with E-state index < -0.39 is 0 Å². The second kappa shape index (κ2) is 7.12. The zero-order valence-corrected chi connectivity index (χ0v) is 15.5. The molecule has 0 bridgehead atoms. The Kier molecular flexibility index (Phi) is 5.08. The number of hydrogen-bond acceptors (Lipinski definition) is 5. The van der Waals surface area contributed by atoms with E-state index in [1.807, 2.05) is 19.9 Å². The molecule has 1 atom stereocenters. The van der Waals surface area contributed by atoms with Crippen molar-refractivity contribution in [2.75, 3.05) is 6.54 Å². The van der Waals surface area contributed by atoms with Gasteiger partial charge in [0.15, 0.2) is 0 Å². The van der Waals surface area contributed by atoms with Gasteiger partial charge in [0.25, 0.3) is 11.6 Å². The summed E-state index contributed by atoms with van der Waals surface area (Å²) in [5.41, 5.74) is 8.63. The average molecular weight is 344 g/mol. The molecule has 2 aromatic heterocycles. The normalized spacial score (nSPS) is 16.0. The van der Waals surface area contributed by atoms with E-state index in [9.17, 15) is 4.79 Å². The summed E-state index contributed by atoms with van der Waals surface area (Å²) in [4.78, 5) is 17.6. The Morgan fingerprint density at radius 3 is 2.64 bits per heavy atom. The number of nitrogens with zero attached hydrogens (tertiary/aromatic N) is 2. The summed E-state index contributed by atoms with van der Waals surface area (Å²) < 4.78 is 5.45. The first kappa shape index (κ1) is 17.9. The van der Waals surface area contributed by atoms with Crippen molar-refractivity contribution in [2.45, 2.75) is 64.8 Å². The number of carbonyl (C=O) groups is 1. The van der Waals surface area contributed by atoms with Crippen LogP contribution in [0.1, 0.15) is 80.5 Å². The van der Waals surface area contributed by atoms with Crippen LogP contribution in [0.5, 0.6) is 0 Å². The molecule has 2 heterocycles. The molecule has 6 heteroatoms. The first-order chi connectivity index (χ1) is 11.9. The highest BCUT2D eigenvalue weighted by molar-refractivity contribution is 6.06. The van der Waals surface area contributed by atoms with Gasteiger partial charge in [0.2, 0.25) is 0 Å². The van der Waals surface area contributed by atoms with Crippen LogP contribution in [-0.4, -0.2) is 28.6 Å². The number of nitrogens with one attached hydrogen (secondary N) is 1. The molecule has 1 saturated carbocycles. The zero-order chi connectivity index (χ0) is 18.1. The number of nitrogens with two attached hydrogens (primary N) is 1. The van der Waals surface area contributed by atoms with Gasteiger partial charge >= 0.3 is 0 Å². The predicted octanol–water partition coefficient (Wildman–Crippen LogP) is 3.33. The lowest BCUT2D eigenvalue weighted by Gasteiger charge is -2.19. The van der Waals surface area contributed by atoms with Crippen molar-refractivity contribution in [2.24, 2.45) is 11.7 Å². The minimum Gasteiger partial charge on any atom is -0.348 e. The lowest BCUT2D eigenvalue weighted by molar-refractivity contribution is 0.0935. The number of carbonyl (C=O) groups excluding carboxylic acids is 1. The van der Waals surface area contributed by atoms with Crippen LogP contribution in [0.2, 0.25) is 0 Å². The maximum atomic E-state index is 13.0. The summed E-state index contributed by atoms with van der Waals surface area (Å²) >= 11 is 0. The highest BCUT2D eigenvalue weighted by atomic mass is 16.5. The molecule has 25 heavy (non-hydrogen) atoms. The van der Waals surface area contributed by atoms with E-state index in [1.54, 1.807) is 0 Å². The van der Waals surface area contributed by atoms with E-state index in [1.165, 1.54) is 0 Å². The molecule has 1 aliphatic rings. The molecule has 6 nitrogen and oxygen atoms in total. The first-order valence-electron chi connectivity index (χ1n) is 9.21. The lowest BCUT2D eigenvalue weighted by atomic mass is 10.00. The third-order valence-corrected chi connectivity index (χ3v) is 4.66. The van der Waals surface area contributed by atoms with Crippen molar-refractivity contribution < 1.29 is 9.32 Å². The van der Waals surface area contributed by atoms with Gasteiger partial charge in [0.1, 0.15) is 0 Å². The zero-order valence-electron chi connectivity index (χ0n) is 15.5. The molecule has 0 saturated heterocycles. The molecule has 136 valence electrons. The molecular weight excluding hydrogens is 316 g/mol. The fraction of sp³-hybridized carbons (Fsp3) is 0.632. The Hall–Kier alpha value is -1.95. The number of amides is 1. The molecule has 2 aromatic rings. The monoisotopic (exact) mass is 344 g/mol. The van der Waals surface area contributed by atoms with Gasteiger partial charge in [-0.3, -0.25) is 4.79 Å². The van der Waals surface area contributed by atoms with Crippen molar-refractivity contribution in [3.05, 3.63) is 23.0 Å². The fourth-order valence-electron chi connectivity index (χ4n) is 3.20. The van der Waals surface area contributed by atoms with Crippen LogP contribution < -0.4 is 11.1 Å². The van der Waals surface area contributed by atoms with Gasteiger partial charge in [-0.1, -0.05) is 32.9 Å². The molecule has 3 N–H and O–H groups in total. The minimum atomic E-state index is -0.115. The van der Waals surface area contributed by atoms with E-state index >= 15 is 0 Å². The van der Waals surface area contributed by atoms with Crippen molar-refractivity contribution in [1.29, 1.82) is 0 Å². The standard InChI is InChI=1S/C19H28N4O2/c1-10(2)7-13(9-20)21-18(24)14-8-15(12-5-6-12)22-19-16(14)17(11(3)4)23-25-19/h8,10-13H,5-7,9,20H2,1-4H3,(H,21,24). The van der Waals surface area contributed by atoms with Crippen LogP contribution in [0, 0.1) is 5.92 Å². The van der Waals surface area contributed by atoms with Crippen LogP contribution in [0.4, 0.5) is 0 Å². The summed E-state index contributed by atoms with van der Waals surface area (Å²) in [6.07, 6.45) is 3.08. The molecule has 0 radical (unpaired) electrons. The molecule has 3 rings (SSSR count). The number of pyridine rings is 1. The summed E-state index contributed by atoms with van der Waals surface area (Å²) in [7, 11) is 0. The largest absolute Gasteiger partial charge is 0.348 e. The van der Waals surface area contributed by atoms with E-state index in [0.717, 1.165) is 36.0 Å². The second-order valence-corrected chi connectivity index (χ2v) is 7.81. The van der Waals surface area contributed by atoms with Crippen LogP contribution in [0.3, 0.4) is 0 Å². The van der Waals surface area contributed by atoms with E-state index in [0.29, 0.717) is 29.7 Å². The molecule has 1 amide bonds. The summed E-state index contributed by atoms with van der Waals surface area (Å²) in [6.45, 7) is 8.75.